The molecule has 1 atom stereocenters. The molecule has 1 saturated carbocycles. The highest BCUT2D eigenvalue weighted by Crippen LogP contribution is 2.41. The topological polar surface area (TPSA) is 88.6 Å². The fraction of sp³-hybridized carbons (Fsp3) is 0.444. The summed E-state index contributed by atoms with van der Waals surface area (Å²) in [4.78, 5) is 25.2. The number of amides is 1. The van der Waals surface area contributed by atoms with Crippen LogP contribution in [0.15, 0.2) is 30.5 Å². The van der Waals surface area contributed by atoms with Crippen molar-refractivity contribution in [2.45, 2.75) is 44.7 Å². The van der Waals surface area contributed by atoms with E-state index in [-0.39, 0.29) is 17.5 Å². The number of aryl methyl sites for hydroxylation is 1. The third-order valence-electron chi connectivity index (χ3n) is 7.29. The van der Waals surface area contributed by atoms with Crippen LogP contribution in [-0.2, 0) is 0 Å². The van der Waals surface area contributed by atoms with Crippen molar-refractivity contribution in [3.05, 3.63) is 52.3 Å². The van der Waals surface area contributed by atoms with Gasteiger partial charge in [-0.15, -0.1) is 0 Å². The van der Waals surface area contributed by atoms with Crippen LogP contribution in [0, 0.1) is 6.92 Å². The van der Waals surface area contributed by atoms with Gasteiger partial charge in [0.2, 0.25) is 5.88 Å². The zero-order chi connectivity index (χ0) is 25.4. The number of anilines is 1. The Labute approximate surface area is 216 Å². The number of hydrogen-bond donors (Lipinski definition) is 2. The molecular formula is C27H32ClN5O3. The van der Waals surface area contributed by atoms with Gasteiger partial charge in [-0.05, 0) is 56.9 Å². The SMILES string of the molecule is COc1cc([C@H](C)NC(=O)c2cnc3c(OC)nc(C)cc3c2N2CCNC3(CC2)CC3)ccc1Cl. The number of nitrogens with one attached hydrogen (secondary N) is 2. The first-order valence-electron chi connectivity index (χ1n) is 12.3. The summed E-state index contributed by atoms with van der Waals surface area (Å²) in [7, 11) is 3.17. The van der Waals surface area contributed by atoms with Gasteiger partial charge in [-0.2, -0.15) is 0 Å². The largest absolute Gasteiger partial charge is 0.495 e. The molecule has 1 amide bonds. The van der Waals surface area contributed by atoms with E-state index >= 15 is 0 Å². The summed E-state index contributed by atoms with van der Waals surface area (Å²) < 4.78 is 10.9. The van der Waals surface area contributed by atoms with Gasteiger partial charge in [0.1, 0.15) is 11.3 Å². The molecule has 8 nitrogen and oxygen atoms in total. The monoisotopic (exact) mass is 509 g/mol. The van der Waals surface area contributed by atoms with Crippen molar-refractivity contribution in [1.82, 2.24) is 20.6 Å². The van der Waals surface area contributed by atoms with Crippen LogP contribution in [0.1, 0.15) is 53.8 Å². The highest BCUT2D eigenvalue weighted by atomic mass is 35.5. The Hall–Kier alpha value is -3.10. The summed E-state index contributed by atoms with van der Waals surface area (Å²) in [6.45, 7) is 6.40. The van der Waals surface area contributed by atoms with Crippen molar-refractivity contribution in [2.24, 2.45) is 0 Å². The summed E-state index contributed by atoms with van der Waals surface area (Å²) in [6, 6.07) is 7.26. The average Bonchev–Trinajstić information content (AvgIpc) is 3.68. The number of aromatic nitrogens is 2. The molecule has 190 valence electrons. The van der Waals surface area contributed by atoms with E-state index in [0.29, 0.717) is 27.7 Å². The van der Waals surface area contributed by atoms with Gasteiger partial charge in [0.05, 0.1) is 36.5 Å². The molecule has 0 unspecified atom stereocenters. The summed E-state index contributed by atoms with van der Waals surface area (Å²) in [5.74, 6) is 0.850. The molecule has 2 aliphatic rings. The van der Waals surface area contributed by atoms with E-state index in [1.807, 2.05) is 32.0 Å². The minimum absolute atomic E-state index is 0.187. The van der Waals surface area contributed by atoms with Crippen molar-refractivity contribution < 1.29 is 14.3 Å². The van der Waals surface area contributed by atoms with Crippen molar-refractivity contribution >= 4 is 34.1 Å². The van der Waals surface area contributed by atoms with E-state index in [2.05, 4.69) is 25.5 Å². The summed E-state index contributed by atoms with van der Waals surface area (Å²) in [5, 5.41) is 8.27. The second-order valence-corrected chi connectivity index (χ2v) is 10.1. The first-order valence-corrected chi connectivity index (χ1v) is 12.7. The second-order valence-electron chi connectivity index (χ2n) is 9.72. The molecule has 1 aliphatic carbocycles. The van der Waals surface area contributed by atoms with E-state index in [1.54, 1.807) is 26.5 Å². The molecule has 3 aromatic rings. The molecule has 3 heterocycles. The van der Waals surface area contributed by atoms with Crippen LogP contribution in [0.25, 0.3) is 10.9 Å². The number of hydrogen-bond acceptors (Lipinski definition) is 7. The van der Waals surface area contributed by atoms with E-state index in [9.17, 15) is 4.79 Å². The van der Waals surface area contributed by atoms with Gasteiger partial charge in [-0.3, -0.25) is 4.79 Å². The number of rotatable bonds is 6. The molecule has 0 bridgehead atoms. The maximum absolute atomic E-state index is 13.7. The predicted octanol–water partition coefficient (Wildman–Crippen LogP) is 4.43. The lowest BCUT2D eigenvalue weighted by molar-refractivity contribution is 0.0940. The van der Waals surface area contributed by atoms with Crippen molar-refractivity contribution in [1.29, 1.82) is 0 Å². The zero-order valence-corrected chi connectivity index (χ0v) is 21.9. The van der Waals surface area contributed by atoms with E-state index in [4.69, 9.17) is 21.1 Å². The standard InChI is InChI=1S/C27H32ClN5O3/c1-16-13-19-23(26(31-16)36-4)29-15-20(24(19)33-11-9-27(7-8-27)30-10-12-33)25(34)32-17(2)18-5-6-21(28)22(14-18)35-3/h5-6,13-15,17,30H,7-12H2,1-4H3,(H,32,34)/t17-/m0/s1. The molecule has 36 heavy (non-hydrogen) atoms. The molecule has 2 fully saturated rings. The molecule has 2 N–H and O–H groups in total. The smallest absolute Gasteiger partial charge is 0.255 e. The van der Waals surface area contributed by atoms with Crippen LogP contribution in [0.4, 0.5) is 5.69 Å². The van der Waals surface area contributed by atoms with Crippen molar-refractivity contribution in [3.8, 4) is 11.6 Å². The molecule has 9 heteroatoms. The van der Waals surface area contributed by atoms with Crippen LogP contribution in [0.3, 0.4) is 0 Å². The number of fused-ring (bicyclic) bond motifs is 1. The lowest BCUT2D eigenvalue weighted by Crippen LogP contribution is -2.33. The molecule has 2 aromatic heterocycles. The van der Waals surface area contributed by atoms with Gasteiger partial charge in [0, 0.05) is 42.5 Å². The number of benzene rings is 1. The van der Waals surface area contributed by atoms with Gasteiger partial charge >= 0.3 is 0 Å². The number of halogens is 1. The van der Waals surface area contributed by atoms with Gasteiger partial charge in [-0.25, -0.2) is 9.97 Å². The Balaban J connectivity index is 1.54. The number of ether oxygens (including phenoxy) is 2. The van der Waals surface area contributed by atoms with E-state index in [0.717, 1.165) is 48.4 Å². The first-order chi connectivity index (χ1) is 17.3. The Morgan fingerprint density at radius 1 is 1.19 bits per heavy atom. The molecule has 5 rings (SSSR count). The Kier molecular flexibility index (Phi) is 6.66. The number of carbonyl (C=O) groups excluding carboxylic acids is 1. The highest BCUT2D eigenvalue weighted by Gasteiger charge is 2.43. The van der Waals surface area contributed by atoms with Crippen LogP contribution >= 0.6 is 11.6 Å². The molecule has 1 aliphatic heterocycles. The number of nitrogens with zero attached hydrogens (tertiary/aromatic N) is 3. The van der Waals surface area contributed by atoms with E-state index in [1.165, 1.54) is 12.8 Å². The number of carbonyl (C=O) groups is 1. The molecule has 1 spiro atoms. The van der Waals surface area contributed by atoms with Crippen LogP contribution in [0.5, 0.6) is 11.6 Å². The Morgan fingerprint density at radius 2 is 2.00 bits per heavy atom. The van der Waals surface area contributed by atoms with Crippen LogP contribution in [0.2, 0.25) is 5.02 Å². The van der Waals surface area contributed by atoms with Crippen LogP contribution in [-0.4, -0.2) is 55.3 Å². The lowest BCUT2D eigenvalue weighted by atomic mass is 10.0. The second kappa shape index (κ2) is 9.75. The van der Waals surface area contributed by atoms with Gasteiger partial charge in [0.15, 0.2) is 0 Å². The third-order valence-corrected chi connectivity index (χ3v) is 7.61. The van der Waals surface area contributed by atoms with Gasteiger partial charge in [0.25, 0.3) is 5.91 Å². The molecule has 0 radical (unpaired) electrons. The normalized spacial score (nSPS) is 17.5. The number of methoxy groups -OCH3 is 2. The maximum Gasteiger partial charge on any atom is 0.255 e. The van der Waals surface area contributed by atoms with Gasteiger partial charge in [-0.1, -0.05) is 17.7 Å². The fourth-order valence-electron chi connectivity index (χ4n) is 5.04. The quantitative estimate of drug-likeness (QED) is 0.508. The number of pyridine rings is 2. The average molecular weight is 510 g/mol. The van der Waals surface area contributed by atoms with Crippen molar-refractivity contribution in [3.63, 3.8) is 0 Å². The first kappa shape index (κ1) is 24.6. The molecule has 1 saturated heterocycles. The van der Waals surface area contributed by atoms with Gasteiger partial charge < -0.3 is 25.0 Å². The Morgan fingerprint density at radius 3 is 2.72 bits per heavy atom. The highest BCUT2D eigenvalue weighted by molar-refractivity contribution is 6.32. The lowest BCUT2D eigenvalue weighted by Gasteiger charge is -2.27. The third kappa shape index (κ3) is 4.67. The summed E-state index contributed by atoms with van der Waals surface area (Å²) in [5.41, 5.74) is 4.04. The minimum Gasteiger partial charge on any atom is -0.495 e. The maximum atomic E-state index is 13.7. The summed E-state index contributed by atoms with van der Waals surface area (Å²) in [6.07, 6.45) is 5.11. The fourth-order valence-corrected chi connectivity index (χ4v) is 5.23. The molecular weight excluding hydrogens is 478 g/mol. The molecule has 1 aromatic carbocycles. The van der Waals surface area contributed by atoms with Crippen LogP contribution < -0.4 is 25.0 Å². The van der Waals surface area contributed by atoms with Crippen molar-refractivity contribution in [2.75, 3.05) is 38.8 Å². The predicted molar refractivity (Wildman–Crippen MR) is 142 cm³/mol. The minimum atomic E-state index is -0.263. The zero-order valence-electron chi connectivity index (χ0n) is 21.2. The van der Waals surface area contributed by atoms with E-state index < -0.39 is 0 Å². The Bertz CT molecular complexity index is 1310. The summed E-state index contributed by atoms with van der Waals surface area (Å²) >= 11 is 6.19.